The number of halogens is 1. The molecule has 18 heavy (non-hydrogen) atoms. The predicted octanol–water partition coefficient (Wildman–Crippen LogP) is 3.30. The zero-order valence-electron chi connectivity index (χ0n) is 10.7. The number of thioether (sulfide) groups is 1. The van der Waals surface area contributed by atoms with Crippen molar-refractivity contribution in [3.05, 3.63) is 29.6 Å². The van der Waals surface area contributed by atoms with E-state index in [0.29, 0.717) is 18.2 Å². The second-order valence-corrected chi connectivity index (χ2v) is 5.99. The summed E-state index contributed by atoms with van der Waals surface area (Å²) in [5, 5.41) is 13.8. The fourth-order valence-corrected chi connectivity index (χ4v) is 3.33. The van der Waals surface area contributed by atoms with E-state index in [0.717, 1.165) is 11.7 Å². The van der Waals surface area contributed by atoms with E-state index in [1.807, 2.05) is 11.8 Å². The third-order valence-electron chi connectivity index (χ3n) is 3.61. The molecule has 0 amide bonds. The van der Waals surface area contributed by atoms with Gasteiger partial charge in [0.1, 0.15) is 0 Å². The molecule has 100 valence electrons. The number of benzene rings is 1. The molecule has 2 rings (SSSR count). The third-order valence-corrected chi connectivity index (χ3v) is 4.71. The SMILES string of the molecule is CSC1CCCC(NCc2cccc(F)c2O)C1. The van der Waals surface area contributed by atoms with Crippen molar-refractivity contribution in [2.75, 3.05) is 6.26 Å². The number of phenols is 1. The largest absolute Gasteiger partial charge is 0.505 e. The van der Waals surface area contributed by atoms with E-state index < -0.39 is 5.82 Å². The smallest absolute Gasteiger partial charge is 0.165 e. The Balaban J connectivity index is 1.89. The van der Waals surface area contributed by atoms with Crippen LogP contribution in [-0.4, -0.2) is 22.7 Å². The van der Waals surface area contributed by atoms with Crippen LogP contribution < -0.4 is 5.32 Å². The highest BCUT2D eigenvalue weighted by Gasteiger charge is 2.21. The highest BCUT2D eigenvalue weighted by molar-refractivity contribution is 7.99. The van der Waals surface area contributed by atoms with Crippen molar-refractivity contribution >= 4 is 11.8 Å². The maximum Gasteiger partial charge on any atom is 0.165 e. The molecular formula is C14H20FNOS. The van der Waals surface area contributed by atoms with Gasteiger partial charge >= 0.3 is 0 Å². The molecule has 0 saturated heterocycles. The first kappa shape index (κ1) is 13.7. The van der Waals surface area contributed by atoms with Crippen LogP contribution in [0.3, 0.4) is 0 Å². The molecule has 1 fully saturated rings. The van der Waals surface area contributed by atoms with E-state index in [1.54, 1.807) is 12.1 Å². The van der Waals surface area contributed by atoms with Crippen LogP contribution in [-0.2, 0) is 6.54 Å². The van der Waals surface area contributed by atoms with Gasteiger partial charge in [0.05, 0.1) is 0 Å². The molecule has 2 N–H and O–H groups in total. The molecule has 1 aromatic rings. The van der Waals surface area contributed by atoms with Crippen LogP contribution in [0.2, 0.25) is 0 Å². The maximum absolute atomic E-state index is 13.2. The predicted molar refractivity (Wildman–Crippen MR) is 74.5 cm³/mol. The summed E-state index contributed by atoms with van der Waals surface area (Å²) in [6.45, 7) is 0.537. The molecule has 2 atom stereocenters. The number of rotatable bonds is 4. The molecule has 2 nitrogen and oxygen atoms in total. The second-order valence-electron chi connectivity index (χ2n) is 4.85. The monoisotopic (exact) mass is 269 g/mol. The van der Waals surface area contributed by atoms with Crippen LogP contribution in [0.15, 0.2) is 18.2 Å². The Bertz CT molecular complexity index is 399. The molecular weight excluding hydrogens is 249 g/mol. The van der Waals surface area contributed by atoms with Crippen LogP contribution in [0, 0.1) is 5.82 Å². The molecule has 4 heteroatoms. The zero-order chi connectivity index (χ0) is 13.0. The zero-order valence-corrected chi connectivity index (χ0v) is 11.5. The number of phenolic OH excluding ortho intramolecular Hbond substituents is 1. The maximum atomic E-state index is 13.2. The lowest BCUT2D eigenvalue weighted by molar-refractivity contribution is 0.372. The molecule has 0 spiro atoms. The molecule has 1 aromatic carbocycles. The first-order valence-corrected chi connectivity index (χ1v) is 7.72. The average Bonchev–Trinajstić information content (AvgIpc) is 2.41. The fourth-order valence-electron chi connectivity index (χ4n) is 2.50. The minimum absolute atomic E-state index is 0.220. The van der Waals surface area contributed by atoms with E-state index in [1.165, 1.54) is 25.3 Å². The van der Waals surface area contributed by atoms with Gasteiger partial charge < -0.3 is 10.4 Å². The Hall–Kier alpha value is -0.740. The molecule has 0 heterocycles. The van der Waals surface area contributed by atoms with E-state index in [2.05, 4.69) is 11.6 Å². The van der Waals surface area contributed by atoms with Gasteiger partial charge in [-0.25, -0.2) is 4.39 Å². The first-order chi connectivity index (χ1) is 8.70. The normalized spacial score (nSPS) is 24.1. The van der Waals surface area contributed by atoms with Gasteiger partial charge in [-0.1, -0.05) is 18.6 Å². The van der Waals surface area contributed by atoms with Crippen molar-refractivity contribution in [3.63, 3.8) is 0 Å². The lowest BCUT2D eigenvalue weighted by atomic mass is 9.95. The van der Waals surface area contributed by atoms with E-state index >= 15 is 0 Å². The highest BCUT2D eigenvalue weighted by Crippen LogP contribution is 2.27. The van der Waals surface area contributed by atoms with Crippen LogP contribution in [0.1, 0.15) is 31.2 Å². The fraction of sp³-hybridized carbons (Fsp3) is 0.571. The molecule has 0 bridgehead atoms. The van der Waals surface area contributed by atoms with Crippen LogP contribution in [0.25, 0.3) is 0 Å². The minimum Gasteiger partial charge on any atom is -0.505 e. The topological polar surface area (TPSA) is 32.3 Å². The number of hydrogen-bond donors (Lipinski definition) is 2. The number of hydrogen-bond acceptors (Lipinski definition) is 3. The third kappa shape index (κ3) is 3.39. The van der Waals surface area contributed by atoms with Crippen LogP contribution in [0.4, 0.5) is 4.39 Å². The summed E-state index contributed by atoms with van der Waals surface area (Å²) in [4.78, 5) is 0. The molecule has 0 radical (unpaired) electrons. The first-order valence-electron chi connectivity index (χ1n) is 6.43. The Labute approximate surface area is 112 Å². The van der Waals surface area contributed by atoms with Gasteiger partial charge in [0, 0.05) is 23.4 Å². The molecule has 2 unspecified atom stereocenters. The summed E-state index contributed by atoms with van der Waals surface area (Å²) in [6.07, 6.45) is 7.04. The standard InChI is InChI=1S/C14H20FNOS/c1-18-12-6-3-5-11(8-12)16-9-10-4-2-7-13(15)14(10)17/h2,4,7,11-12,16-17H,3,5-6,8-9H2,1H3. The Morgan fingerprint density at radius 1 is 1.44 bits per heavy atom. The van der Waals surface area contributed by atoms with Crippen molar-refractivity contribution in [1.29, 1.82) is 0 Å². The highest BCUT2D eigenvalue weighted by atomic mass is 32.2. The van der Waals surface area contributed by atoms with E-state index in [4.69, 9.17) is 0 Å². The summed E-state index contributed by atoms with van der Waals surface area (Å²) < 4.78 is 13.2. The van der Waals surface area contributed by atoms with Crippen molar-refractivity contribution < 1.29 is 9.50 Å². The van der Waals surface area contributed by atoms with Crippen molar-refractivity contribution in [2.45, 2.75) is 43.5 Å². The average molecular weight is 269 g/mol. The van der Waals surface area contributed by atoms with Gasteiger partial charge in [-0.2, -0.15) is 11.8 Å². The van der Waals surface area contributed by atoms with Crippen molar-refractivity contribution in [3.8, 4) is 5.75 Å². The Morgan fingerprint density at radius 2 is 2.28 bits per heavy atom. The van der Waals surface area contributed by atoms with Crippen molar-refractivity contribution in [1.82, 2.24) is 5.32 Å². The molecule has 1 aliphatic rings. The van der Waals surface area contributed by atoms with Gasteiger partial charge in [0.25, 0.3) is 0 Å². The quantitative estimate of drug-likeness (QED) is 0.879. The van der Waals surface area contributed by atoms with Crippen LogP contribution in [0.5, 0.6) is 5.75 Å². The van der Waals surface area contributed by atoms with Gasteiger partial charge in [0.15, 0.2) is 11.6 Å². The van der Waals surface area contributed by atoms with E-state index in [9.17, 15) is 9.50 Å². The van der Waals surface area contributed by atoms with Crippen LogP contribution >= 0.6 is 11.8 Å². The summed E-state index contributed by atoms with van der Waals surface area (Å²) >= 11 is 1.93. The van der Waals surface area contributed by atoms with Gasteiger partial charge in [-0.15, -0.1) is 0 Å². The summed E-state index contributed by atoms with van der Waals surface area (Å²) in [6, 6.07) is 5.17. The van der Waals surface area contributed by atoms with E-state index in [-0.39, 0.29) is 5.75 Å². The molecule has 1 aliphatic carbocycles. The summed E-state index contributed by atoms with van der Waals surface area (Å²) in [7, 11) is 0. The number of aromatic hydroxyl groups is 1. The van der Waals surface area contributed by atoms with Crippen molar-refractivity contribution in [2.24, 2.45) is 0 Å². The molecule has 0 aliphatic heterocycles. The lowest BCUT2D eigenvalue weighted by Crippen LogP contribution is -2.34. The van der Waals surface area contributed by atoms with Gasteiger partial charge in [-0.3, -0.25) is 0 Å². The second kappa shape index (κ2) is 6.43. The Morgan fingerprint density at radius 3 is 3.06 bits per heavy atom. The summed E-state index contributed by atoms with van der Waals surface area (Å²) in [5.41, 5.74) is 0.640. The Kier molecular flexibility index (Phi) is 4.89. The van der Waals surface area contributed by atoms with Gasteiger partial charge in [-0.05, 0) is 31.6 Å². The summed E-state index contributed by atoms with van der Waals surface area (Å²) in [5.74, 6) is -0.762. The minimum atomic E-state index is -0.542. The molecule has 0 aromatic heterocycles. The number of nitrogens with one attached hydrogen (secondary N) is 1. The lowest BCUT2D eigenvalue weighted by Gasteiger charge is -2.28. The molecule has 1 saturated carbocycles. The number of para-hydroxylation sites is 1. The van der Waals surface area contributed by atoms with Gasteiger partial charge in [0.2, 0.25) is 0 Å².